The summed E-state index contributed by atoms with van der Waals surface area (Å²) in [5, 5.41) is 10.2. The highest BCUT2D eigenvalue weighted by Crippen LogP contribution is 2.12. The van der Waals surface area contributed by atoms with Crippen molar-refractivity contribution in [1.82, 2.24) is 0 Å². The van der Waals surface area contributed by atoms with Crippen LogP contribution >= 0.6 is 0 Å². The molecular formula is C8H17NO3. The molecule has 0 aliphatic rings. The molecule has 0 N–H and O–H groups in total. The Morgan fingerprint density at radius 2 is 2.17 bits per heavy atom. The van der Waals surface area contributed by atoms with Crippen LogP contribution in [-0.2, 0) is 4.74 Å². The molecule has 4 nitrogen and oxygen atoms in total. The summed E-state index contributed by atoms with van der Waals surface area (Å²) in [4.78, 5) is 9.90. The molecule has 0 aromatic heterocycles. The van der Waals surface area contributed by atoms with E-state index in [4.69, 9.17) is 4.74 Å². The normalized spacial score (nSPS) is 15.6. The van der Waals surface area contributed by atoms with E-state index in [1.165, 1.54) is 0 Å². The van der Waals surface area contributed by atoms with E-state index in [1.54, 1.807) is 7.11 Å². The molecule has 72 valence electrons. The van der Waals surface area contributed by atoms with Crippen molar-refractivity contribution in [2.24, 2.45) is 5.92 Å². The summed E-state index contributed by atoms with van der Waals surface area (Å²) in [6.45, 7) is 3.90. The third kappa shape index (κ3) is 4.28. The summed E-state index contributed by atoms with van der Waals surface area (Å²) in [5.41, 5.74) is 0. The standard InChI is InChI=1S/C8H17NO3/c1-4-5-8(12-3)7(2)6-9(10)11/h7-8H,4-6H2,1-3H3/t7-,8+/m1/s1. The van der Waals surface area contributed by atoms with Gasteiger partial charge in [-0.15, -0.1) is 0 Å². The van der Waals surface area contributed by atoms with Crippen LogP contribution in [0.3, 0.4) is 0 Å². The van der Waals surface area contributed by atoms with Gasteiger partial charge in [-0.2, -0.15) is 0 Å². The smallest absolute Gasteiger partial charge is 0.208 e. The maximum atomic E-state index is 10.2. The largest absolute Gasteiger partial charge is 0.381 e. The third-order valence-electron chi connectivity index (χ3n) is 1.95. The lowest BCUT2D eigenvalue weighted by Crippen LogP contribution is -2.26. The van der Waals surface area contributed by atoms with Gasteiger partial charge >= 0.3 is 0 Å². The van der Waals surface area contributed by atoms with Crippen molar-refractivity contribution in [2.75, 3.05) is 13.7 Å². The molecule has 0 unspecified atom stereocenters. The lowest BCUT2D eigenvalue weighted by atomic mass is 10.0. The van der Waals surface area contributed by atoms with E-state index >= 15 is 0 Å². The molecule has 0 aliphatic heterocycles. The average molecular weight is 175 g/mol. The van der Waals surface area contributed by atoms with Crippen molar-refractivity contribution in [1.29, 1.82) is 0 Å². The number of ether oxygens (including phenoxy) is 1. The van der Waals surface area contributed by atoms with Gasteiger partial charge < -0.3 is 4.74 Å². The average Bonchev–Trinajstić information content (AvgIpc) is 1.98. The SMILES string of the molecule is CCC[C@H](OC)[C@H](C)C[N+](=O)[O-]. The molecule has 0 bridgehead atoms. The molecule has 2 atom stereocenters. The van der Waals surface area contributed by atoms with Crippen molar-refractivity contribution in [2.45, 2.75) is 32.8 Å². The van der Waals surface area contributed by atoms with E-state index in [0.29, 0.717) is 0 Å². The van der Waals surface area contributed by atoms with Crippen molar-refractivity contribution in [3.63, 3.8) is 0 Å². The first-order valence-electron chi connectivity index (χ1n) is 4.26. The lowest BCUT2D eigenvalue weighted by molar-refractivity contribution is -0.489. The van der Waals surface area contributed by atoms with Crippen LogP contribution in [0.25, 0.3) is 0 Å². The number of hydrogen-bond acceptors (Lipinski definition) is 3. The van der Waals surface area contributed by atoms with Crippen LogP contribution in [0, 0.1) is 16.0 Å². The number of hydrogen-bond donors (Lipinski definition) is 0. The monoisotopic (exact) mass is 175 g/mol. The topological polar surface area (TPSA) is 52.4 Å². The van der Waals surface area contributed by atoms with Gasteiger partial charge in [0, 0.05) is 18.0 Å². The summed E-state index contributed by atoms with van der Waals surface area (Å²) >= 11 is 0. The van der Waals surface area contributed by atoms with Crippen molar-refractivity contribution >= 4 is 0 Å². The fourth-order valence-electron chi connectivity index (χ4n) is 1.27. The number of nitrogens with zero attached hydrogens (tertiary/aromatic N) is 1. The van der Waals surface area contributed by atoms with Crippen molar-refractivity contribution < 1.29 is 9.66 Å². The van der Waals surface area contributed by atoms with Gasteiger partial charge in [0.25, 0.3) is 0 Å². The first kappa shape index (κ1) is 11.4. The predicted octanol–water partition coefficient (Wildman–Crippen LogP) is 1.71. The highest BCUT2D eigenvalue weighted by Gasteiger charge is 2.20. The highest BCUT2D eigenvalue weighted by atomic mass is 16.6. The Morgan fingerprint density at radius 1 is 1.58 bits per heavy atom. The maximum absolute atomic E-state index is 10.2. The van der Waals surface area contributed by atoms with Crippen LogP contribution in [0.2, 0.25) is 0 Å². The lowest BCUT2D eigenvalue weighted by Gasteiger charge is -2.18. The Bertz CT molecular complexity index is 138. The fourth-order valence-corrected chi connectivity index (χ4v) is 1.27. The van der Waals surface area contributed by atoms with Gasteiger partial charge in [-0.1, -0.05) is 20.3 Å². The minimum atomic E-state index is -0.285. The zero-order chi connectivity index (χ0) is 9.56. The Labute approximate surface area is 73.1 Å². The van der Waals surface area contributed by atoms with Crippen LogP contribution in [0.5, 0.6) is 0 Å². The van der Waals surface area contributed by atoms with Crippen molar-refractivity contribution in [3.8, 4) is 0 Å². The van der Waals surface area contributed by atoms with Gasteiger partial charge in [0.05, 0.1) is 6.10 Å². The number of methoxy groups -OCH3 is 1. The molecule has 0 radical (unpaired) electrons. The quantitative estimate of drug-likeness (QED) is 0.456. The third-order valence-corrected chi connectivity index (χ3v) is 1.95. The Kier molecular flexibility index (Phi) is 5.62. The Morgan fingerprint density at radius 3 is 2.50 bits per heavy atom. The van der Waals surface area contributed by atoms with Gasteiger partial charge in [-0.05, 0) is 6.42 Å². The summed E-state index contributed by atoms with van der Waals surface area (Å²) in [6.07, 6.45) is 1.92. The van der Waals surface area contributed by atoms with Crippen molar-refractivity contribution in [3.05, 3.63) is 10.1 Å². The molecule has 0 saturated heterocycles. The van der Waals surface area contributed by atoms with E-state index in [9.17, 15) is 10.1 Å². The molecule has 0 rings (SSSR count). The zero-order valence-electron chi connectivity index (χ0n) is 7.95. The van der Waals surface area contributed by atoms with E-state index in [1.807, 2.05) is 13.8 Å². The van der Waals surface area contributed by atoms with E-state index in [-0.39, 0.29) is 23.5 Å². The summed E-state index contributed by atoms with van der Waals surface area (Å²) in [5.74, 6) is 0.00458. The van der Waals surface area contributed by atoms with Gasteiger partial charge in [0.1, 0.15) is 0 Å². The molecule has 0 heterocycles. The van der Waals surface area contributed by atoms with Gasteiger partial charge in [-0.3, -0.25) is 10.1 Å². The molecule has 0 fully saturated rings. The fraction of sp³-hybridized carbons (Fsp3) is 1.00. The molecule has 0 saturated carbocycles. The predicted molar refractivity (Wildman–Crippen MR) is 46.7 cm³/mol. The maximum Gasteiger partial charge on any atom is 0.208 e. The molecule has 0 spiro atoms. The molecule has 0 amide bonds. The number of nitro groups is 1. The second-order valence-corrected chi connectivity index (χ2v) is 3.06. The minimum absolute atomic E-state index is 0.00148. The van der Waals surface area contributed by atoms with E-state index < -0.39 is 0 Å². The first-order chi connectivity index (χ1) is 5.61. The minimum Gasteiger partial charge on any atom is -0.381 e. The van der Waals surface area contributed by atoms with Gasteiger partial charge in [0.15, 0.2) is 0 Å². The highest BCUT2D eigenvalue weighted by molar-refractivity contribution is 4.64. The molecule has 0 aliphatic carbocycles. The Hall–Kier alpha value is -0.640. The second kappa shape index (κ2) is 5.94. The molecule has 12 heavy (non-hydrogen) atoms. The van der Waals surface area contributed by atoms with Crippen LogP contribution in [0.15, 0.2) is 0 Å². The van der Waals surface area contributed by atoms with Gasteiger partial charge in [0.2, 0.25) is 6.54 Å². The van der Waals surface area contributed by atoms with Crippen LogP contribution < -0.4 is 0 Å². The molecule has 0 aromatic carbocycles. The molecule has 4 heteroatoms. The van der Waals surface area contributed by atoms with E-state index in [2.05, 4.69) is 0 Å². The summed E-state index contributed by atoms with van der Waals surface area (Å²) in [6, 6.07) is 0. The van der Waals surface area contributed by atoms with E-state index in [0.717, 1.165) is 12.8 Å². The van der Waals surface area contributed by atoms with Crippen LogP contribution in [0.1, 0.15) is 26.7 Å². The summed E-state index contributed by atoms with van der Waals surface area (Å²) in [7, 11) is 1.61. The zero-order valence-corrected chi connectivity index (χ0v) is 7.95. The number of rotatable bonds is 6. The second-order valence-electron chi connectivity index (χ2n) is 3.06. The van der Waals surface area contributed by atoms with Crippen LogP contribution in [-0.4, -0.2) is 24.7 Å². The summed E-state index contributed by atoms with van der Waals surface area (Å²) < 4.78 is 5.15. The molecular weight excluding hydrogens is 158 g/mol. The van der Waals surface area contributed by atoms with Gasteiger partial charge in [-0.25, -0.2) is 0 Å². The Balaban J connectivity index is 3.84. The molecule has 0 aromatic rings. The van der Waals surface area contributed by atoms with Crippen LogP contribution in [0.4, 0.5) is 0 Å². The first-order valence-corrected chi connectivity index (χ1v) is 4.26.